The van der Waals surface area contributed by atoms with Gasteiger partial charge >= 0.3 is 0 Å². The molecule has 0 fully saturated rings. The molecular formula is C52H33NOS. The van der Waals surface area contributed by atoms with Crippen LogP contribution in [-0.4, -0.2) is 0 Å². The third-order valence-corrected chi connectivity index (χ3v) is 12.0. The van der Waals surface area contributed by atoms with Gasteiger partial charge in [0.15, 0.2) is 0 Å². The zero-order valence-corrected chi connectivity index (χ0v) is 30.6. The molecule has 0 saturated heterocycles. The van der Waals surface area contributed by atoms with Crippen LogP contribution >= 0.6 is 11.3 Å². The molecule has 0 N–H and O–H groups in total. The van der Waals surface area contributed by atoms with Gasteiger partial charge in [0, 0.05) is 48.0 Å². The number of fused-ring (bicyclic) bond motifs is 7. The highest BCUT2D eigenvalue weighted by atomic mass is 32.1. The lowest BCUT2D eigenvalue weighted by Gasteiger charge is -2.26. The molecule has 0 amide bonds. The van der Waals surface area contributed by atoms with Gasteiger partial charge in [-0.15, -0.1) is 11.3 Å². The standard InChI is InChI=1S/C52H33NOS/c1-2-13-43-35(9-1)10-8-16-44(43)36-21-27-41(28-22-36)53(40-25-19-34(20-26-40)38-24-30-50-48(32-38)45-14-3-5-17-49(45)54-50)42-12-7-11-37(31-42)39-23-29-47-46-15-4-6-18-51(46)55-52(47)33-39/h1-33H. The lowest BCUT2D eigenvalue weighted by atomic mass is 9.98. The van der Waals surface area contributed by atoms with E-state index < -0.39 is 0 Å². The summed E-state index contributed by atoms with van der Waals surface area (Å²) >= 11 is 1.86. The third kappa shape index (κ3) is 5.48. The van der Waals surface area contributed by atoms with Gasteiger partial charge in [-0.05, 0) is 111 Å². The van der Waals surface area contributed by atoms with Gasteiger partial charge in [0.05, 0.1) is 0 Å². The molecule has 2 heterocycles. The Morgan fingerprint density at radius 3 is 1.78 bits per heavy atom. The zero-order chi connectivity index (χ0) is 36.3. The normalized spacial score (nSPS) is 11.6. The second kappa shape index (κ2) is 12.9. The van der Waals surface area contributed by atoms with E-state index >= 15 is 0 Å². The van der Waals surface area contributed by atoms with E-state index in [1.807, 2.05) is 23.5 Å². The zero-order valence-electron chi connectivity index (χ0n) is 29.8. The number of hydrogen-bond acceptors (Lipinski definition) is 3. The second-order valence-corrected chi connectivity index (χ2v) is 15.2. The molecule has 0 saturated carbocycles. The molecule has 9 aromatic carbocycles. The summed E-state index contributed by atoms with van der Waals surface area (Å²) in [7, 11) is 0. The van der Waals surface area contributed by atoms with E-state index in [4.69, 9.17) is 4.42 Å². The summed E-state index contributed by atoms with van der Waals surface area (Å²) in [5, 5.41) is 7.42. The Kier molecular flexibility index (Phi) is 7.39. The highest BCUT2D eigenvalue weighted by molar-refractivity contribution is 7.25. The minimum absolute atomic E-state index is 0.908. The number of benzene rings is 9. The summed E-state index contributed by atoms with van der Waals surface area (Å²) in [4.78, 5) is 2.37. The van der Waals surface area contributed by atoms with E-state index in [9.17, 15) is 0 Å². The fourth-order valence-electron chi connectivity index (χ4n) is 8.15. The van der Waals surface area contributed by atoms with Crippen LogP contribution in [0.1, 0.15) is 0 Å². The molecule has 0 radical (unpaired) electrons. The van der Waals surface area contributed by atoms with Crippen molar-refractivity contribution in [2.75, 3.05) is 4.90 Å². The van der Waals surface area contributed by atoms with Crippen molar-refractivity contribution >= 4 is 81.3 Å². The van der Waals surface area contributed by atoms with Crippen molar-refractivity contribution in [2.24, 2.45) is 0 Å². The summed E-state index contributed by atoms with van der Waals surface area (Å²) in [6.07, 6.45) is 0. The molecule has 2 aromatic heterocycles. The van der Waals surface area contributed by atoms with Crippen molar-refractivity contribution < 1.29 is 4.42 Å². The summed E-state index contributed by atoms with van der Waals surface area (Å²) in [5.74, 6) is 0. The smallest absolute Gasteiger partial charge is 0.135 e. The average Bonchev–Trinajstić information content (AvgIpc) is 3.82. The van der Waals surface area contributed by atoms with Crippen LogP contribution < -0.4 is 4.90 Å². The van der Waals surface area contributed by atoms with E-state index in [1.54, 1.807) is 0 Å². The van der Waals surface area contributed by atoms with Crippen LogP contribution in [0.3, 0.4) is 0 Å². The fraction of sp³-hybridized carbons (Fsp3) is 0. The number of rotatable bonds is 6. The Balaban J connectivity index is 1.01. The molecule has 0 aliphatic carbocycles. The average molecular weight is 720 g/mol. The van der Waals surface area contributed by atoms with Gasteiger partial charge in [-0.3, -0.25) is 0 Å². The highest BCUT2D eigenvalue weighted by Crippen LogP contribution is 2.41. The molecule has 0 unspecified atom stereocenters. The summed E-state index contributed by atoms with van der Waals surface area (Å²) < 4.78 is 8.75. The first-order valence-electron chi connectivity index (χ1n) is 18.7. The minimum Gasteiger partial charge on any atom is -0.456 e. The van der Waals surface area contributed by atoms with Crippen molar-refractivity contribution in [3.05, 3.63) is 200 Å². The van der Waals surface area contributed by atoms with Gasteiger partial charge < -0.3 is 9.32 Å². The van der Waals surface area contributed by atoms with E-state index in [0.29, 0.717) is 0 Å². The Labute approximate surface area is 322 Å². The molecule has 0 atom stereocenters. The molecule has 11 rings (SSSR count). The van der Waals surface area contributed by atoms with Crippen LogP contribution in [0.4, 0.5) is 17.1 Å². The number of nitrogens with zero attached hydrogens (tertiary/aromatic N) is 1. The minimum atomic E-state index is 0.908. The molecule has 0 spiro atoms. The molecule has 55 heavy (non-hydrogen) atoms. The SMILES string of the molecule is c1cc(-c2ccc3c(c2)sc2ccccc23)cc(N(c2ccc(-c3ccc4oc5ccccc5c4c3)cc2)c2ccc(-c3cccc4ccccc34)cc2)c1. The van der Waals surface area contributed by atoms with Gasteiger partial charge in [0.25, 0.3) is 0 Å². The van der Waals surface area contributed by atoms with Crippen molar-refractivity contribution in [1.29, 1.82) is 0 Å². The third-order valence-electron chi connectivity index (χ3n) is 10.9. The molecule has 2 nitrogen and oxygen atoms in total. The van der Waals surface area contributed by atoms with Crippen molar-refractivity contribution in [3.8, 4) is 33.4 Å². The highest BCUT2D eigenvalue weighted by Gasteiger charge is 2.16. The molecule has 258 valence electrons. The maximum atomic E-state index is 6.12. The van der Waals surface area contributed by atoms with E-state index in [-0.39, 0.29) is 0 Å². The van der Waals surface area contributed by atoms with Gasteiger partial charge in [0.1, 0.15) is 11.2 Å². The molecule has 0 aliphatic rings. The molecule has 3 heteroatoms. The lowest BCUT2D eigenvalue weighted by Crippen LogP contribution is -2.10. The second-order valence-electron chi connectivity index (χ2n) is 14.1. The van der Waals surface area contributed by atoms with Crippen LogP contribution in [0.2, 0.25) is 0 Å². The Morgan fingerprint density at radius 1 is 0.327 bits per heavy atom. The number of thiophene rings is 1. The van der Waals surface area contributed by atoms with Crippen molar-refractivity contribution in [3.63, 3.8) is 0 Å². The van der Waals surface area contributed by atoms with Crippen LogP contribution in [0, 0.1) is 0 Å². The first-order chi connectivity index (χ1) is 27.2. The topological polar surface area (TPSA) is 16.4 Å². The number of anilines is 3. The Morgan fingerprint density at radius 2 is 0.927 bits per heavy atom. The largest absolute Gasteiger partial charge is 0.456 e. The molecule has 0 bridgehead atoms. The quantitative estimate of drug-likeness (QED) is 0.170. The van der Waals surface area contributed by atoms with E-state index in [1.165, 1.54) is 53.2 Å². The van der Waals surface area contributed by atoms with E-state index in [2.05, 4.69) is 193 Å². The van der Waals surface area contributed by atoms with E-state index in [0.717, 1.165) is 50.1 Å². The van der Waals surface area contributed by atoms with Crippen molar-refractivity contribution in [1.82, 2.24) is 0 Å². The summed E-state index contributed by atoms with van der Waals surface area (Å²) in [5.41, 5.74) is 12.3. The van der Waals surface area contributed by atoms with Gasteiger partial charge in [-0.25, -0.2) is 0 Å². The lowest BCUT2D eigenvalue weighted by molar-refractivity contribution is 0.669. The van der Waals surface area contributed by atoms with Crippen LogP contribution in [0.5, 0.6) is 0 Å². The van der Waals surface area contributed by atoms with Crippen LogP contribution in [0.25, 0.3) is 86.3 Å². The molecule has 0 aliphatic heterocycles. The fourth-order valence-corrected chi connectivity index (χ4v) is 9.30. The Bertz CT molecular complexity index is 3200. The first-order valence-corrected chi connectivity index (χ1v) is 19.5. The Hall–Kier alpha value is -6.94. The number of furan rings is 1. The number of hydrogen-bond donors (Lipinski definition) is 0. The number of para-hydroxylation sites is 1. The maximum absolute atomic E-state index is 6.12. The maximum Gasteiger partial charge on any atom is 0.135 e. The molecule has 11 aromatic rings. The summed E-state index contributed by atoms with van der Waals surface area (Å²) in [6.45, 7) is 0. The van der Waals surface area contributed by atoms with Crippen LogP contribution in [-0.2, 0) is 0 Å². The predicted octanol–water partition coefficient (Wildman–Crippen LogP) is 15.6. The molecular weight excluding hydrogens is 687 g/mol. The van der Waals surface area contributed by atoms with Crippen molar-refractivity contribution in [2.45, 2.75) is 0 Å². The first kappa shape index (κ1) is 31.6. The van der Waals surface area contributed by atoms with Gasteiger partial charge in [-0.2, -0.15) is 0 Å². The van der Waals surface area contributed by atoms with Crippen LogP contribution in [0.15, 0.2) is 205 Å². The monoisotopic (exact) mass is 719 g/mol. The predicted molar refractivity (Wildman–Crippen MR) is 235 cm³/mol. The van der Waals surface area contributed by atoms with Gasteiger partial charge in [-0.1, -0.05) is 133 Å². The van der Waals surface area contributed by atoms with Gasteiger partial charge in [0.2, 0.25) is 0 Å². The summed E-state index contributed by atoms with van der Waals surface area (Å²) in [6, 6.07) is 72.3.